The number of carbonyl (C=O) groups excluding carboxylic acids is 1. The number of hydrogen-bond donors (Lipinski definition) is 2. The van der Waals surface area contributed by atoms with Crippen LogP contribution >= 0.6 is 0 Å². The molecule has 0 saturated carbocycles. The lowest BCUT2D eigenvalue weighted by Crippen LogP contribution is -2.24. The summed E-state index contributed by atoms with van der Waals surface area (Å²) in [6.45, 7) is 6.22. The van der Waals surface area contributed by atoms with E-state index in [1.165, 1.54) is 0 Å². The third-order valence-electron chi connectivity index (χ3n) is 4.09. The van der Waals surface area contributed by atoms with Crippen molar-refractivity contribution in [3.05, 3.63) is 65.9 Å². The molecule has 2 amide bonds. The van der Waals surface area contributed by atoms with Crippen molar-refractivity contribution in [3.63, 3.8) is 0 Å². The molecule has 0 aliphatic carbocycles. The highest BCUT2D eigenvalue weighted by Crippen LogP contribution is 2.23. The van der Waals surface area contributed by atoms with E-state index in [9.17, 15) is 4.79 Å². The number of nitrogens with zero attached hydrogens (tertiary/aromatic N) is 2. The minimum absolute atomic E-state index is 0.351. The normalized spacial score (nSPS) is 11.4. The number of nitrogens with one attached hydrogen (secondary N) is 2. The van der Waals surface area contributed by atoms with Gasteiger partial charge in [0.2, 0.25) is 0 Å². The lowest BCUT2D eigenvalue weighted by Gasteiger charge is -2.08. The summed E-state index contributed by atoms with van der Waals surface area (Å²) in [5.41, 5.74) is 6.42. The van der Waals surface area contributed by atoms with Crippen LogP contribution in [0.5, 0.6) is 0 Å². The summed E-state index contributed by atoms with van der Waals surface area (Å²) in [7, 11) is 0. The number of fused-ring (bicyclic) bond motifs is 1. The van der Waals surface area contributed by atoms with Gasteiger partial charge in [0.1, 0.15) is 0 Å². The smallest absolute Gasteiger partial charge is 0.339 e. The fourth-order valence-corrected chi connectivity index (χ4v) is 2.79. The molecule has 0 aliphatic rings. The maximum Gasteiger partial charge on any atom is 0.339 e. The average molecular weight is 334 g/mol. The molecular weight excluding hydrogens is 312 g/mol. The van der Waals surface area contributed by atoms with Gasteiger partial charge in [0.05, 0.1) is 6.21 Å². The summed E-state index contributed by atoms with van der Waals surface area (Å²) >= 11 is 0. The number of aryl methyl sites for hydroxylation is 1. The fraction of sp³-hybridized carbons (Fsp3) is 0.200. The Morgan fingerprint density at radius 1 is 1.12 bits per heavy atom. The van der Waals surface area contributed by atoms with Crippen molar-refractivity contribution in [2.75, 3.05) is 5.32 Å². The lowest BCUT2D eigenvalue weighted by atomic mass is 10.2. The molecule has 25 heavy (non-hydrogen) atoms. The van der Waals surface area contributed by atoms with E-state index in [1.807, 2.05) is 43.3 Å². The molecule has 0 bridgehead atoms. The quantitative estimate of drug-likeness (QED) is 0.528. The maximum atomic E-state index is 12.0. The first-order valence-corrected chi connectivity index (χ1v) is 8.31. The first kappa shape index (κ1) is 16.8. The zero-order valence-electron chi connectivity index (χ0n) is 14.7. The van der Waals surface area contributed by atoms with Gasteiger partial charge in [0, 0.05) is 34.4 Å². The van der Waals surface area contributed by atoms with Gasteiger partial charge in [0.15, 0.2) is 0 Å². The van der Waals surface area contributed by atoms with Crippen LogP contribution in [-0.2, 0) is 0 Å². The van der Waals surface area contributed by atoms with Gasteiger partial charge in [0.25, 0.3) is 0 Å². The van der Waals surface area contributed by atoms with Gasteiger partial charge in [-0.1, -0.05) is 36.4 Å². The Bertz CT molecular complexity index is 924. The molecule has 5 heteroatoms. The van der Waals surface area contributed by atoms with Gasteiger partial charge in [-0.25, -0.2) is 10.2 Å². The van der Waals surface area contributed by atoms with Crippen LogP contribution in [0, 0.1) is 6.92 Å². The first-order chi connectivity index (χ1) is 12.1. The van der Waals surface area contributed by atoms with E-state index in [-0.39, 0.29) is 6.03 Å². The van der Waals surface area contributed by atoms with Crippen LogP contribution < -0.4 is 10.7 Å². The molecule has 128 valence electrons. The lowest BCUT2D eigenvalue weighted by molar-refractivity contribution is 0.252. The number of urea groups is 1. The number of para-hydroxylation sites is 2. The van der Waals surface area contributed by atoms with Crippen molar-refractivity contribution < 1.29 is 4.79 Å². The zero-order valence-corrected chi connectivity index (χ0v) is 14.7. The van der Waals surface area contributed by atoms with Gasteiger partial charge < -0.3 is 9.88 Å². The molecule has 2 aromatic carbocycles. The van der Waals surface area contributed by atoms with Gasteiger partial charge in [-0.3, -0.25) is 0 Å². The molecule has 0 saturated heterocycles. The molecule has 1 aromatic heterocycles. The van der Waals surface area contributed by atoms with Crippen LogP contribution in [0.1, 0.15) is 31.0 Å². The molecular formula is C20H22N4O. The van der Waals surface area contributed by atoms with E-state index in [2.05, 4.69) is 52.6 Å². The molecule has 0 aliphatic heterocycles. The van der Waals surface area contributed by atoms with Crippen molar-refractivity contribution in [1.29, 1.82) is 0 Å². The van der Waals surface area contributed by atoms with Crippen molar-refractivity contribution in [2.24, 2.45) is 5.10 Å². The molecule has 3 aromatic rings. The van der Waals surface area contributed by atoms with Crippen molar-refractivity contribution in [2.45, 2.75) is 26.8 Å². The largest absolute Gasteiger partial charge is 0.344 e. The maximum absolute atomic E-state index is 12.0. The molecule has 0 unspecified atom stereocenters. The first-order valence-electron chi connectivity index (χ1n) is 8.31. The van der Waals surface area contributed by atoms with E-state index >= 15 is 0 Å². The van der Waals surface area contributed by atoms with E-state index in [0.29, 0.717) is 6.04 Å². The Hall–Kier alpha value is -3.08. The van der Waals surface area contributed by atoms with E-state index in [1.54, 1.807) is 6.21 Å². The molecule has 2 N–H and O–H groups in total. The van der Waals surface area contributed by atoms with Crippen LogP contribution in [-0.4, -0.2) is 16.8 Å². The number of carbonyl (C=O) groups is 1. The molecule has 1 heterocycles. The Kier molecular flexibility index (Phi) is 4.84. The van der Waals surface area contributed by atoms with E-state index < -0.39 is 0 Å². The second-order valence-corrected chi connectivity index (χ2v) is 6.24. The van der Waals surface area contributed by atoms with Crippen LogP contribution in [0.3, 0.4) is 0 Å². The minimum Gasteiger partial charge on any atom is -0.344 e. The highest BCUT2D eigenvalue weighted by atomic mass is 16.2. The molecule has 3 rings (SSSR count). The Morgan fingerprint density at radius 3 is 2.60 bits per heavy atom. The summed E-state index contributed by atoms with van der Waals surface area (Å²) in [5.74, 6) is 0. The average Bonchev–Trinajstić information content (AvgIpc) is 2.96. The van der Waals surface area contributed by atoms with Gasteiger partial charge in [-0.15, -0.1) is 0 Å². The van der Waals surface area contributed by atoms with Gasteiger partial charge >= 0.3 is 6.03 Å². The molecule has 5 nitrogen and oxygen atoms in total. The second-order valence-electron chi connectivity index (χ2n) is 6.24. The highest BCUT2D eigenvalue weighted by molar-refractivity contribution is 6.00. The number of hydrogen-bond acceptors (Lipinski definition) is 2. The number of hydrazone groups is 1. The number of anilines is 1. The number of rotatable bonds is 4. The Morgan fingerprint density at radius 2 is 1.84 bits per heavy atom. The Balaban J connectivity index is 1.73. The zero-order chi connectivity index (χ0) is 17.8. The monoisotopic (exact) mass is 334 g/mol. The van der Waals surface area contributed by atoms with Crippen LogP contribution in [0.15, 0.2) is 59.8 Å². The van der Waals surface area contributed by atoms with Crippen molar-refractivity contribution in [1.82, 2.24) is 9.99 Å². The molecule has 0 radical (unpaired) electrons. The second kappa shape index (κ2) is 7.21. The molecule has 0 atom stereocenters. The highest BCUT2D eigenvalue weighted by Gasteiger charge is 2.08. The SMILES string of the molecule is Cc1ccccc1NC(=O)NN=Cc1cn(C(C)C)c2ccccc12. The Labute approximate surface area is 147 Å². The van der Waals surface area contributed by atoms with Crippen LogP contribution in [0.25, 0.3) is 10.9 Å². The van der Waals surface area contributed by atoms with Gasteiger partial charge in [-0.2, -0.15) is 5.10 Å². The van der Waals surface area contributed by atoms with Gasteiger partial charge in [-0.05, 0) is 38.5 Å². The standard InChI is InChI=1S/C20H22N4O/c1-14(2)24-13-16(17-9-5-7-11-19(17)24)12-21-23-20(25)22-18-10-6-4-8-15(18)3/h4-14H,1-3H3,(H2,22,23,25). The van der Waals surface area contributed by atoms with Crippen LogP contribution in [0.2, 0.25) is 0 Å². The summed E-state index contributed by atoms with van der Waals surface area (Å²) in [6, 6.07) is 15.8. The third kappa shape index (κ3) is 3.71. The summed E-state index contributed by atoms with van der Waals surface area (Å²) in [4.78, 5) is 12.0. The summed E-state index contributed by atoms with van der Waals surface area (Å²) in [6.07, 6.45) is 3.73. The predicted octanol–water partition coefficient (Wildman–Crippen LogP) is 4.69. The summed E-state index contributed by atoms with van der Waals surface area (Å²) < 4.78 is 2.20. The minimum atomic E-state index is -0.363. The molecule has 0 fully saturated rings. The number of benzene rings is 2. The van der Waals surface area contributed by atoms with Crippen molar-refractivity contribution >= 4 is 28.8 Å². The van der Waals surface area contributed by atoms with Crippen molar-refractivity contribution in [3.8, 4) is 0 Å². The van der Waals surface area contributed by atoms with E-state index in [4.69, 9.17) is 0 Å². The number of aromatic nitrogens is 1. The predicted molar refractivity (Wildman–Crippen MR) is 103 cm³/mol. The molecule has 0 spiro atoms. The number of amides is 2. The summed E-state index contributed by atoms with van der Waals surface area (Å²) in [5, 5.41) is 7.99. The van der Waals surface area contributed by atoms with Crippen LogP contribution in [0.4, 0.5) is 10.5 Å². The fourth-order valence-electron chi connectivity index (χ4n) is 2.79. The van der Waals surface area contributed by atoms with E-state index in [0.717, 1.165) is 27.7 Å². The third-order valence-corrected chi connectivity index (χ3v) is 4.09. The topological polar surface area (TPSA) is 58.4 Å².